The third-order valence-corrected chi connectivity index (χ3v) is 12.4. The van der Waals surface area contributed by atoms with Crippen molar-refractivity contribution in [2.75, 3.05) is 4.90 Å². The quantitative estimate of drug-likeness (QED) is 0.166. The van der Waals surface area contributed by atoms with E-state index >= 15 is 0 Å². The Bertz CT molecular complexity index is 2890. The molecular weight excluding hydrogens is 677 g/mol. The van der Waals surface area contributed by atoms with Crippen molar-refractivity contribution < 1.29 is 0 Å². The predicted molar refractivity (Wildman–Crippen MR) is 239 cm³/mol. The smallest absolute Gasteiger partial charge is 0.0542 e. The molecule has 56 heavy (non-hydrogen) atoms. The SMILES string of the molecule is CC1(C)CCC(C)(C)c2cc(-n3c4ccccc4c4cc(N(c5ccc(-c6ccccc6)cc5)c5ccc(-c6ccc7ccccc7c6)cc5)ccc43)ccc21. The summed E-state index contributed by atoms with van der Waals surface area (Å²) < 4.78 is 2.48. The van der Waals surface area contributed by atoms with Crippen LogP contribution in [0.25, 0.3) is 60.5 Å². The number of fused-ring (bicyclic) bond motifs is 5. The van der Waals surface area contributed by atoms with Crippen molar-refractivity contribution in [3.05, 3.63) is 193 Å². The molecule has 0 saturated carbocycles. The summed E-state index contributed by atoms with van der Waals surface area (Å²) in [6.45, 7) is 9.64. The lowest BCUT2D eigenvalue weighted by atomic mass is 9.63. The molecule has 1 heterocycles. The first-order valence-electron chi connectivity index (χ1n) is 20.0. The molecule has 1 aliphatic rings. The largest absolute Gasteiger partial charge is 0.310 e. The Morgan fingerprint density at radius 2 is 0.946 bits per heavy atom. The van der Waals surface area contributed by atoms with Crippen LogP contribution < -0.4 is 4.90 Å². The summed E-state index contributed by atoms with van der Waals surface area (Å²) in [5.41, 5.74) is 15.1. The van der Waals surface area contributed by atoms with Gasteiger partial charge in [0.2, 0.25) is 0 Å². The molecule has 1 aliphatic carbocycles. The molecule has 9 aromatic rings. The fourth-order valence-corrected chi connectivity index (χ4v) is 9.15. The normalized spacial score (nSPS) is 14.6. The zero-order chi connectivity index (χ0) is 38.0. The highest BCUT2D eigenvalue weighted by atomic mass is 15.1. The number of aromatic nitrogens is 1. The summed E-state index contributed by atoms with van der Waals surface area (Å²) in [5.74, 6) is 0. The molecule has 0 saturated heterocycles. The third kappa shape index (κ3) is 5.80. The van der Waals surface area contributed by atoms with Gasteiger partial charge in [0.1, 0.15) is 0 Å². The fraction of sp³-hybridized carbons (Fsp3) is 0.148. The Balaban J connectivity index is 1.11. The van der Waals surface area contributed by atoms with Gasteiger partial charge in [-0.25, -0.2) is 0 Å². The number of hydrogen-bond acceptors (Lipinski definition) is 1. The van der Waals surface area contributed by atoms with Crippen molar-refractivity contribution in [2.45, 2.75) is 51.4 Å². The first kappa shape index (κ1) is 34.1. The molecule has 0 amide bonds. The zero-order valence-corrected chi connectivity index (χ0v) is 32.6. The summed E-state index contributed by atoms with van der Waals surface area (Å²) >= 11 is 0. The van der Waals surface area contributed by atoms with Crippen molar-refractivity contribution in [3.8, 4) is 27.9 Å². The van der Waals surface area contributed by atoms with E-state index in [1.54, 1.807) is 0 Å². The average molecular weight is 723 g/mol. The van der Waals surface area contributed by atoms with Gasteiger partial charge in [-0.05, 0) is 135 Å². The average Bonchev–Trinajstić information content (AvgIpc) is 3.57. The second kappa shape index (κ2) is 13.1. The molecule has 2 nitrogen and oxygen atoms in total. The molecule has 0 N–H and O–H groups in total. The molecule has 0 fully saturated rings. The van der Waals surface area contributed by atoms with Crippen LogP contribution in [0.1, 0.15) is 51.7 Å². The van der Waals surface area contributed by atoms with Crippen LogP contribution in [0.4, 0.5) is 17.1 Å². The van der Waals surface area contributed by atoms with Gasteiger partial charge in [-0.1, -0.05) is 143 Å². The molecule has 0 atom stereocenters. The van der Waals surface area contributed by atoms with Crippen LogP contribution in [-0.2, 0) is 10.8 Å². The van der Waals surface area contributed by atoms with E-state index < -0.39 is 0 Å². The standard InChI is InChI=1S/C54H46N2/c1-53(2)32-33-54(3,4)50-36-46(28-30-49(50)53)56-51-17-11-10-16-47(51)48-35-45(29-31-52(48)56)55(43-24-20-39(21-25-43)37-12-6-5-7-13-37)44-26-22-40(23-27-44)42-19-18-38-14-8-9-15-41(38)34-42/h5-31,34-36H,32-33H2,1-4H3. The highest BCUT2D eigenvalue weighted by Crippen LogP contribution is 2.47. The highest BCUT2D eigenvalue weighted by molar-refractivity contribution is 6.10. The molecular formula is C54H46N2. The Labute approximate surface area is 330 Å². The van der Waals surface area contributed by atoms with Crippen molar-refractivity contribution >= 4 is 49.6 Å². The molecule has 8 aromatic carbocycles. The molecule has 0 bridgehead atoms. The fourth-order valence-electron chi connectivity index (χ4n) is 9.15. The monoisotopic (exact) mass is 722 g/mol. The molecule has 2 heteroatoms. The van der Waals surface area contributed by atoms with Crippen LogP contribution in [0.5, 0.6) is 0 Å². The van der Waals surface area contributed by atoms with Gasteiger partial charge in [0.15, 0.2) is 0 Å². The van der Waals surface area contributed by atoms with E-state index in [0.717, 1.165) is 17.1 Å². The van der Waals surface area contributed by atoms with Crippen LogP contribution in [0.2, 0.25) is 0 Å². The maximum atomic E-state index is 2.48. The van der Waals surface area contributed by atoms with Crippen molar-refractivity contribution in [1.29, 1.82) is 0 Å². The Morgan fingerprint density at radius 3 is 1.68 bits per heavy atom. The van der Waals surface area contributed by atoms with Gasteiger partial charge < -0.3 is 9.47 Å². The number of hydrogen-bond donors (Lipinski definition) is 0. The summed E-state index contributed by atoms with van der Waals surface area (Å²) in [7, 11) is 0. The topological polar surface area (TPSA) is 8.17 Å². The lowest BCUT2D eigenvalue weighted by Crippen LogP contribution is -2.33. The highest BCUT2D eigenvalue weighted by Gasteiger charge is 2.37. The van der Waals surface area contributed by atoms with E-state index in [-0.39, 0.29) is 10.8 Å². The number of rotatable bonds is 6. The van der Waals surface area contributed by atoms with E-state index in [9.17, 15) is 0 Å². The van der Waals surface area contributed by atoms with Gasteiger partial charge in [0, 0.05) is 33.5 Å². The van der Waals surface area contributed by atoms with E-state index in [1.807, 2.05) is 0 Å². The van der Waals surface area contributed by atoms with E-state index in [1.165, 1.54) is 84.5 Å². The van der Waals surface area contributed by atoms with Crippen LogP contribution in [-0.4, -0.2) is 4.57 Å². The Kier molecular flexibility index (Phi) is 8.01. The number of anilines is 3. The molecule has 0 unspecified atom stereocenters. The minimum atomic E-state index is 0.132. The maximum Gasteiger partial charge on any atom is 0.0542 e. The van der Waals surface area contributed by atoms with Crippen LogP contribution >= 0.6 is 0 Å². The van der Waals surface area contributed by atoms with Crippen molar-refractivity contribution in [1.82, 2.24) is 4.57 Å². The van der Waals surface area contributed by atoms with Gasteiger partial charge in [0.05, 0.1) is 11.0 Å². The maximum absolute atomic E-state index is 2.48. The first-order chi connectivity index (χ1) is 27.2. The number of nitrogens with zero attached hydrogens (tertiary/aromatic N) is 2. The van der Waals surface area contributed by atoms with Crippen LogP contribution in [0, 0.1) is 0 Å². The van der Waals surface area contributed by atoms with E-state index in [0.29, 0.717) is 0 Å². The zero-order valence-electron chi connectivity index (χ0n) is 32.6. The van der Waals surface area contributed by atoms with E-state index in [2.05, 4.69) is 219 Å². The third-order valence-electron chi connectivity index (χ3n) is 12.4. The molecule has 10 rings (SSSR count). The van der Waals surface area contributed by atoms with Gasteiger partial charge in [0.25, 0.3) is 0 Å². The van der Waals surface area contributed by atoms with Gasteiger partial charge in [-0.2, -0.15) is 0 Å². The van der Waals surface area contributed by atoms with Crippen LogP contribution in [0.15, 0.2) is 182 Å². The number of benzene rings is 8. The first-order valence-corrected chi connectivity index (χ1v) is 20.0. The van der Waals surface area contributed by atoms with Gasteiger partial charge >= 0.3 is 0 Å². The molecule has 1 aromatic heterocycles. The lowest BCUT2D eigenvalue weighted by molar-refractivity contribution is 0.332. The molecule has 0 radical (unpaired) electrons. The second-order valence-electron chi connectivity index (χ2n) is 16.9. The molecule has 272 valence electrons. The predicted octanol–water partition coefficient (Wildman–Crippen LogP) is 15.1. The summed E-state index contributed by atoms with van der Waals surface area (Å²) in [4.78, 5) is 2.40. The lowest BCUT2D eigenvalue weighted by Gasteiger charge is -2.42. The summed E-state index contributed by atoms with van der Waals surface area (Å²) in [6, 6.07) is 67.1. The van der Waals surface area contributed by atoms with Crippen LogP contribution in [0.3, 0.4) is 0 Å². The molecule has 0 spiro atoms. The minimum absolute atomic E-state index is 0.132. The van der Waals surface area contributed by atoms with Gasteiger partial charge in [-0.15, -0.1) is 0 Å². The Morgan fingerprint density at radius 1 is 0.393 bits per heavy atom. The summed E-state index contributed by atoms with van der Waals surface area (Å²) in [5, 5.41) is 5.01. The van der Waals surface area contributed by atoms with Crippen molar-refractivity contribution in [3.63, 3.8) is 0 Å². The Hall–Kier alpha value is -6.38. The number of para-hydroxylation sites is 1. The summed E-state index contributed by atoms with van der Waals surface area (Å²) in [6.07, 6.45) is 2.40. The second-order valence-corrected chi connectivity index (χ2v) is 16.9. The van der Waals surface area contributed by atoms with Gasteiger partial charge in [-0.3, -0.25) is 0 Å². The van der Waals surface area contributed by atoms with E-state index in [4.69, 9.17) is 0 Å². The van der Waals surface area contributed by atoms with Crippen molar-refractivity contribution in [2.24, 2.45) is 0 Å². The minimum Gasteiger partial charge on any atom is -0.310 e. The molecule has 0 aliphatic heterocycles.